The molecule has 0 saturated heterocycles. The minimum atomic E-state index is -2.94. The van der Waals surface area contributed by atoms with Gasteiger partial charge in [-0.25, -0.2) is 0 Å². The number of aromatic nitrogens is 1. The topological polar surface area (TPSA) is 4.93 Å². The van der Waals surface area contributed by atoms with E-state index in [-0.39, 0.29) is 5.41 Å². The maximum Gasteiger partial charge on any atom is 0.180 e. The molecule has 1 nitrogen and oxygen atoms in total. The zero-order valence-corrected chi connectivity index (χ0v) is 33.1. The van der Waals surface area contributed by atoms with Gasteiger partial charge in [-0.1, -0.05) is 201 Å². The molecule has 3 heteroatoms. The number of hydrogen-bond acceptors (Lipinski definition) is 0. The van der Waals surface area contributed by atoms with Crippen LogP contribution >= 0.6 is 0 Å². The van der Waals surface area contributed by atoms with Gasteiger partial charge in [-0.3, -0.25) is 0 Å². The monoisotopic (exact) mass is 725 g/mol. The average Bonchev–Trinajstić information content (AvgIpc) is 3.66. The molecule has 0 spiro atoms. The SMILES string of the molecule is C[C@]12C=CC=CC1[Si](C)(C)c1cc(-c3cccc([Si](c4ccccc4)(c4ccccc4)c4cccc5c4c4ccccc4n5-c4ccccc4)c3)ccc12. The van der Waals surface area contributed by atoms with Crippen LogP contribution in [0.4, 0.5) is 0 Å². The summed E-state index contributed by atoms with van der Waals surface area (Å²) in [5, 5.41) is 9.80. The third-order valence-electron chi connectivity index (χ3n) is 12.7. The maximum absolute atomic E-state index is 2.94. The Bertz CT molecular complexity index is 2720. The van der Waals surface area contributed by atoms with E-state index in [9.17, 15) is 0 Å². The van der Waals surface area contributed by atoms with Crippen LogP contribution in [0.15, 0.2) is 200 Å². The zero-order chi connectivity index (χ0) is 36.5. The number of benzene rings is 7. The molecule has 0 saturated carbocycles. The Kier molecular flexibility index (Phi) is 7.55. The number of para-hydroxylation sites is 2. The summed E-state index contributed by atoms with van der Waals surface area (Å²) in [5.41, 5.74) is 8.40. The highest BCUT2D eigenvalue weighted by Crippen LogP contribution is 2.51. The van der Waals surface area contributed by atoms with Gasteiger partial charge in [0.15, 0.2) is 8.07 Å². The number of nitrogens with zero attached hydrogens (tertiary/aromatic N) is 1. The van der Waals surface area contributed by atoms with Gasteiger partial charge in [-0.15, -0.1) is 0 Å². The second kappa shape index (κ2) is 12.4. The summed E-state index contributed by atoms with van der Waals surface area (Å²) in [6, 6.07) is 66.6. The van der Waals surface area contributed by atoms with Crippen LogP contribution in [0.3, 0.4) is 0 Å². The Morgan fingerprint density at radius 2 is 1.17 bits per heavy atom. The van der Waals surface area contributed by atoms with Crippen molar-refractivity contribution >= 4 is 63.9 Å². The van der Waals surface area contributed by atoms with Crippen molar-refractivity contribution < 1.29 is 0 Å². The molecule has 7 aromatic carbocycles. The lowest BCUT2D eigenvalue weighted by atomic mass is 9.77. The van der Waals surface area contributed by atoms with Crippen LogP contribution in [0, 0.1) is 0 Å². The van der Waals surface area contributed by atoms with Crippen LogP contribution in [0.1, 0.15) is 12.5 Å². The van der Waals surface area contributed by atoms with Gasteiger partial charge in [0.1, 0.15) is 0 Å². The van der Waals surface area contributed by atoms with E-state index in [4.69, 9.17) is 0 Å². The minimum Gasteiger partial charge on any atom is -0.309 e. The van der Waals surface area contributed by atoms with E-state index in [1.165, 1.54) is 64.9 Å². The molecular weight excluding hydrogens is 683 g/mol. The van der Waals surface area contributed by atoms with Crippen molar-refractivity contribution in [1.29, 1.82) is 0 Å². The van der Waals surface area contributed by atoms with E-state index in [2.05, 4.69) is 225 Å². The van der Waals surface area contributed by atoms with Crippen molar-refractivity contribution in [2.75, 3.05) is 0 Å². The molecule has 1 aliphatic carbocycles. The first kappa shape index (κ1) is 32.9. The molecule has 0 amide bonds. The number of allylic oxidation sites excluding steroid dienone is 4. The fraction of sp³-hybridized carbons (Fsp3) is 0.0980. The number of fused-ring (bicyclic) bond motifs is 6. The lowest BCUT2D eigenvalue weighted by molar-refractivity contribution is 0.606. The molecule has 1 unspecified atom stereocenters. The first-order valence-electron chi connectivity index (χ1n) is 19.2. The Hall–Kier alpha value is -5.75. The van der Waals surface area contributed by atoms with E-state index in [0.717, 1.165) is 0 Å². The van der Waals surface area contributed by atoms with Crippen molar-refractivity contribution in [3.8, 4) is 16.8 Å². The van der Waals surface area contributed by atoms with Crippen molar-refractivity contribution in [1.82, 2.24) is 4.57 Å². The van der Waals surface area contributed by atoms with E-state index in [0.29, 0.717) is 5.54 Å². The molecular formula is C51H43NSi2. The van der Waals surface area contributed by atoms with E-state index in [1.54, 1.807) is 5.19 Å². The third-order valence-corrected chi connectivity index (χ3v) is 21.7. The first-order valence-corrected chi connectivity index (χ1v) is 24.3. The molecule has 0 fully saturated rings. The summed E-state index contributed by atoms with van der Waals surface area (Å²) in [6.07, 6.45) is 9.46. The van der Waals surface area contributed by atoms with Crippen molar-refractivity contribution in [2.45, 2.75) is 31.0 Å². The van der Waals surface area contributed by atoms with Crippen molar-refractivity contribution in [3.05, 3.63) is 206 Å². The predicted octanol–water partition coefficient (Wildman–Crippen LogP) is 9.51. The maximum atomic E-state index is 2.57. The van der Waals surface area contributed by atoms with Crippen molar-refractivity contribution in [3.63, 3.8) is 0 Å². The molecule has 1 aromatic heterocycles. The fourth-order valence-electron chi connectivity index (χ4n) is 10.3. The lowest BCUT2D eigenvalue weighted by Gasteiger charge is -2.35. The second-order valence-corrected chi connectivity index (χ2v) is 24.3. The predicted molar refractivity (Wildman–Crippen MR) is 236 cm³/mol. The highest BCUT2D eigenvalue weighted by atomic mass is 28.3. The first-order chi connectivity index (χ1) is 26.4. The Labute approximate surface area is 320 Å². The highest BCUT2D eigenvalue weighted by Gasteiger charge is 2.53. The smallest absolute Gasteiger partial charge is 0.180 e. The summed E-state index contributed by atoms with van der Waals surface area (Å²) < 4.78 is 2.46. The molecule has 2 aliphatic rings. The Balaban J connectivity index is 1.27. The quantitative estimate of drug-likeness (QED) is 0.119. The summed E-state index contributed by atoms with van der Waals surface area (Å²) in [5.74, 6) is 0. The van der Waals surface area contributed by atoms with Gasteiger partial charge in [0, 0.05) is 21.9 Å². The standard InChI is InChI=1S/C51H43NSi2/c1-51-34-16-15-31-49(51)53(2,3)48-36-38(32-33-44(48)51)37-19-17-26-42(35-37)54(40-22-9-5-10-23-40,41-24-11-6-12-25-41)47-30-18-29-46-50(47)43-27-13-14-28-45(43)52(46)39-20-7-4-8-21-39/h4-36,49H,1-3H3/t49?,51-/m1/s1. The number of rotatable bonds is 6. The summed E-state index contributed by atoms with van der Waals surface area (Å²) in [6.45, 7) is 7.59. The minimum absolute atomic E-state index is 0.0699. The van der Waals surface area contributed by atoms with Gasteiger partial charge in [0.05, 0.1) is 19.1 Å². The largest absolute Gasteiger partial charge is 0.309 e. The molecule has 2 heterocycles. The fourth-order valence-corrected chi connectivity index (χ4v) is 19.6. The van der Waals surface area contributed by atoms with E-state index >= 15 is 0 Å². The van der Waals surface area contributed by atoms with E-state index in [1.807, 2.05) is 0 Å². The summed E-state index contributed by atoms with van der Waals surface area (Å²) in [4.78, 5) is 0. The average molecular weight is 726 g/mol. The van der Waals surface area contributed by atoms with E-state index < -0.39 is 16.1 Å². The van der Waals surface area contributed by atoms with Crippen LogP contribution < -0.4 is 25.9 Å². The van der Waals surface area contributed by atoms with Gasteiger partial charge in [-0.05, 0) is 67.2 Å². The van der Waals surface area contributed by atoms with Gasteiger partial charge in [0.25, 0.3) is 0 Å². The molecule has 1 aliphatic heterocycles. The van der Waals surface area contributed by atoms with Crippen LogP contribution in [0.2, 0.25) is 18.6 Å². The molecule has 0 bridgehead atoms. The van der Waals surface area contributed by atoms with Crippen molar-refractivity contribution in [2.24, 2.45) is 0 Å². The van der Waals surface area contributed by atoms with Crippen LogP contribution in [0.5, 0.6) is 0 Å². The molecule has 0 N–H and O–H groups in total. The highest BCUT2D eigenvalue weighted by molar-refractivity contribution is 7.20. The molecule has 0 radical (unpaired) electrons. The van der Waals surface area contributed by atoms with Gasteiger partial charge in [-0.2, -0.15) is 0 Å². The van der Waals surface area contributed by atoms with Crippen LogP contribution in [-0.4, -0.2) is 20.7 Å². The van der Waals surface area contributed by atoms with Crippen LogP contribution in [-0.2, 0) is 5.41 Å². The van der Waals surface area contributed by atoms with Crippen LogP contribution in [0.25, 0.3) is 38.6 Å². The number of hydrogen-bond donors (Lipinski definition) is 0. The molecule has 260 valence electrons. The third kappa shape index (κ3) is 4.68. The summed E-state index contributed by atoms with van der Waals surface area (Å²) in [7, 11) is -4.72. The normalized spacial score (nSPS) is 18.5. The molecule has 2 atom stereocenters. The zero-order valence-electron chi connectivity index (χ0n) is 31.1. The summed E-state index contributed by atoms with van der Waals surface area (Å²) >= 11 is 0. The van der Waals surface area contributed by atoms with Gasteiger partial charge in [0.2, 0.25) is 0 Å². The van der Waals surface area contributed by atoms with Gasteiger partial charge >= 0.3 is 0 Å². The Morgan fingerprint density at radius 1 is 0.556 bits per heavy atom. The second-order valence-electron chi connectivity index (χ2n) is 15.9. The molecule has 10 rings (SSSR count). The molecule has 54 heavy (non-hydrogen) atoms. The lowest BCUT2D eigenvalue weighted by Crippen LogP contribution is -2.74. The Morgan fingerprint density at radius 3 is 1.91 bits per heavy atom. The molecule has 8 aromatic rings. The van der Waals surface area contributed by atoms with Gasteiger partial charge < -0.3 is 4.57 Å².